The number of fused-ring (bicyclic) bond motifs is 8. The smallest absolute Gasteiger partial charge is 0.275 e. The molecule has 7 heteroatoms. The van der Waals surface area contributed by atoms with Crippen LogP contribution in [0.2, 0.25) is 0 Å². The molecule has 4 aromatic rings. The number of rotatable bonds is 3. The number of hydrogen-bond acceptors (Lipinski definition) is 6. The number of aldehydes is 1. The minimum atomic E-state index is -1.11. The number of hydrazone groups is 1. The van der Waals surface area contributed by atoms with Gasteiger partial charge in [0.25, 0.3) is 5.91 Å². The molecular formula is C48H52N4O3. The molecular weight excluding hydrogens is 681 g/mol. The molecule has 10 rings (SSSR count). The van der Waals surface area contributed by atoms with Crippen LogP contribution in [0.4, 0.5) is 11.4 Å². The second-order valence-corrected chi connectivity index (χ2v) is 19.6. The van der Waals surface area contributed by atoms with Crippen molar-refractivity contribution in [3.8, 4) is 11.5 Å². The Kier molecular flexibility index (Phi) is 6.98. The summed E-state index contributed by atoms with van der Waals surface area (Å²) in [6, 6.07) is 20.4. The van der Waals surface area contributed by atoms with E-state index in [1.807, 2.05) is 24.3 Å². The first-order valence-corrected chi connectivity index (χ1v) is 20.3. The van der Waals surface area contributed by atoms with Crippen molar-refractivity contribution in [2.75, 3.05) is 36.0 Å². The van der Waals surface area contributed by atoms with Crippen LogP contribution < -0.4 is 14.5 Å². The average molecular weight is 733 g/mol. The van der Waals surface area contributed by atoms with E-state index in [-0.39, 0.29) is 27.6 Å². The monoisotopic (exact) mass is 732 g/mol. The van der Waals surface area contributed by atoms with Crippen molar-refractivity contribution in [1.29, 1.82) is 0 Å². The molecule has 0 aromatic heterocycles. The van der Waals surface area contributed by atoms with Crippen molar-refractivity contribution in [3.63, 3.8) is 0 Å². The van der Waals surface area contributed by atoms with E-state index in [2.05, 4.69) is 89.5 Å². The quantitative estimate of drug-likeness (QED) is 0.155. The van der Waals surface area contributed by atoms with Gasteiger partial charge in [0.05, 0.1) is 6.21 Å². The van der Waals surface area contributed by atoms with Gasteiger partial charge in [0.15, 0.2) is 0 Å². The van der Waals surface area contributed by atoms with Crippen LogP contribution >= 0.6 is 0 Å². The third kappa shape index (κ3) is 4.53. The zero-order valence-electron chi connectivity index (χ0n) is 33.6. The summed E-state index contributed by atoms with van der Waals surface area (Å²) in [7, 11) is 0. The molecule has 0 saturated carbocycles. The Balaban J connectivity index is 1.39. The SMILES string of the molecule is CC1(C)CCN2CCC(C)(C)c3c4c(cc1c32)C1(c2ccccc2C(=O)N1/N=C\c1ccc(C=O)cc1)c1cc2c3c(c1O4)C(C)(C)CCN3CCC2(C)C. The largest absolute Gasteiger partial charge is 0.456 e. The van der Waals surface area contributed by atoms with Gasteiger partial charge in [-0.15, -0.1) is 0 Å². The molecule has 0 atom stereocenters. The van der Waals surface area contributed by atoms with Crippen LogP contribution in [0, 0.1) is 0 Å². The van der Waals surface area contributed by atoms with Gasteiger partial charge in [-0.1, -0.05) is 97.9 Å². The second kappa shape index (κ2) is 11.1. The third-order valence-corrected chi connectivity index (χ3v) is 14.4. The average Bonchev–Trinajstić information content (AvgIpc) is 3.39. The molecule has 0 aliphatic carbocycles. The molecule has 4 aromatic carbocycles. The van der Waals surface area contributed by atoms with Crippen molar-refractivity contribution in [1.82, 2.24) is 5.01 Å². The Hall–Kier alpha value is -4.91. The molecule has 0 unspecified atom stereocenters. The highest BCUT2D eigenvalue weighted by molar-refractivity contribution is 6.03. The number of anilines is 2. The van der Waals surface area contributed by atoms with Gasteiger partial charge in [-0.05, 0) is 82.2 Å². The fourth-order valence-electron chi connectivity index (χ4n) is 10.9. The number of nitrogens with zero attached hydrogens (tertiary/aromatic N) is 4. The maximum absolute atomic E-state index is 15.2. The Labute approximate surface area is 325 Å². The summed E-state index contributed by atoms with van der Waals surface area (Å²) in [6.45, 7) is 23.1. The predicted octanol–water partition coefficient (Wildman–Crippen LogP) is 9.72. The van der Waals surface area contributed by atoms with Crippen LogP contribution in [-0.2, 0) is 27.2 Å². The van der Waals surface area contributed by atoms with E-state index in [4.69, 9.17) is 9.84 Å². The van der Waals surface area contributed by atoms with E-state index in [0.29, 0.717) is 11.1 Å². The van der Waals surface area contributed by atoms with Crippen LogP contribution in [0.3, 0.4) is 0 Å². The summed E-state index contributed by atoms with van der Waals surface area (Å²) in [4.78, 5) is 32.0. The minimum Gasteiger partial charge on any atom is -0.456 e. The van der Waals surface area contributed by atoms with Gasteiger partial charge in [0.2, 0.25) is 0 Å². The lowest BCUT2D eigenvalue weighted by atomic mass is 9.63. The van der Waals surface area contributed by atoms with Crippen molar-refractivity contribution in [2.24, 2.45) is 5.10 Å². The standard InChI is InChI=1S/C48H52N4O3/c1-44(2)17-21-50-23-19-46(5,6)37-39(50)33(44)25-35-41(37)55-42-36(26-34-40-38(42)47(7,8)20-24-51(40)22-18-45(34,3)4)48(35)32-12-10-9-11-31(32)43(54)52(48)49-27-29-13-15-30(28-53)16-14-29/h9-16,25-28H,17-24H2,1-8H3/b49-27-. The van der Waals surface area contributed by atoms with E-state index in [9.17, 15) is 4.79 Å². The lowest BCUT2D eigenvalue weighted by Gasteiger charge is -2.53. The topological polar surface area (TPSA) is 65.5 Å². The zero-order valence-corrected chi connectivity index (χ0v) is 33.6. The molecule has 0 bridgehead atoms. The van der Waals surface area contributed by atoms with E-state index in [1.54, 1.807) is 23.4 Å². The maximum Gasteiger partial charge on any atom is 0.275 e. The zero-order chi connectivity index (χ0) is 38.4. The molecule has 6 heterocycles. The predicted molar refractivity (Wildman–Crippen MR) is 220 cm³/mol. The van der Waals surface area contributed by atoms with E-state index < -0.39 is 5.54 Å². The van der Waals surface area contributed by atoms with E-state index in [1.165, 1.54) is 33.6 Å². The highest BCUT2D eigenvalue weighted by atomic mass is 16.5. The lowest BCUT2D eigenvalue weighted by Crippen LogP contribution is -2.50. The van der Waals surface area contributed by atoms with E-state index >= 15 is 4.79 Å². The van der Waals surface area contributed by atoms with Gasteiger partial charge in [-0.3, -0.25) is 9.59 Å². The number of amides is 1. The van der Waals surface area contributed by atoms with Crippen LogP contribution in [0.1, 0.15) is 146 Å². The van der Waals surface area contributed by atoms with Crippen LogP contribution in [0.15, 0.2) is 65.8 Å². The third-order valence-electron chi connectivity index (χ3n) is 14.4. The van der Waals surface area contributed by atoms with Crippen molar-refractivity contribution >= 4 is 29.8 Å². The fourth-order valence-corrected chi connectivity index (χ4v) is 10.9. The summed E-state index contributed by atoms with van der Waals surface area (Å²) in [5.74, 6) is 1.64. The number of benzene rings is 4. The normalized spacial score (nSPS) is 22.4. The van der Waals surface area contributed by atoms with Gasteiger partial charge < -0.3 is 14.5 Å². The summed E-state index contributed by atoms with van der Waals surface area (Å²) in [6.07, 6.45) is 6.75. The number of carbonyl (C=O) groups excluding carboxylic acids is 2. The van der Waals surface area contributed by atoms with Crippen LogP contribution in [0.25, 0.3) is 0 Å². The molecule has 7 nitrogen and oxygen atoms in total. The first-order chi connectivity index (χ1) is 26.1. The highest BCUT2D eigenvalue weighted by Crippen LogP contribution is 2.67. The van der Waals surface area contributed by atoms with Crippen molar-refractivity contribution in [3.05, 3.63) is 116 Å². The van der Waals surface area contributed by atoms with Crippen LogP contribution in [0.5, 0.6) is 11.5 Å². The minimum absolute atomic E-state index is 0.0899. The number of ether oxygens (including phenoxy) is 1. The summed E-state index contributed by atoms with van der Waals surface area (Å²) in [5.41, 5.74) is 11.2. The van der Waals surface area contributed by atoms with Gasteiger partial charge in [0.1, 0.15) is 23.3 Å². The Bertz CT molecular complexity index is 2280. The van der Waals surface area contributed by atoms with Crippen LogP contribution in [-0.4, -0.2) is 49.6 Å². The molecule has 1 amide bonds. The molecule has 6 aliphatic heterocycles. The first-order valence-electron chi connectivity index (χ1n) is 20.3. The molecule has 55 heavy (non-hydrogen) atoms. The van der Waals surface area contributed by atoms with Gasteiger partial charge in [-0.25, -0.2) is 5.01 Å². The highest BCUT2D eigenvalue weighted by Gasteiger charge is 2.61. The molecule has 0 saturated heterocycles. The molecule has 0 fully saturated rings. The lowest BCUT2D eigenvalue weighted by molar-refractivity contribution is 0.0673. The summed E-state index contributed by atoms with van der Waals surface area (Å²) >= 11 is 0. The van der Waals surface area contributed by atoms with Gasteiger partial charge in [-0.2, -0.15) is 5.10 Å². The summed E-state index contributed by atoms with van der Waals surface area (Å²) in [5, 5.41) is 7.04. The Morgan fingerprint density at radius 3 is 1.58 bits per heavy atom. The molecule has 0 radical (unpaired) electrons. The van der Waals surface area contributed by atoms with Gasteiger partial charge in [0, 0.05) is 76.5 Å². The van der Waals surface area contributed by atoms with Crippen molar-refractivity contribution < 1.29 is 14.3 Å². The molecule has 0 N–H and O–H groups in total. The molecule has 6 aliphatic rings. The Morgan fingerprint density at radius 1 is 0.600 bits per heavy atom. The first kappa shape index (κ1) is 34.6. The molecule has 1 spiro atoms. The Morgan fingerprint density at radius 2 is 1.07 bits per heavy atom. The molecule has 282 valence electrons. The summed E-state index contributed by atoms with van der Waals surface area (Å²) < 4.78 is 7.72. The maximum atomic E-state index is 15.2. The number of carbonyl (C=O) groups is 2. The van der Waals surface area contributed by atoms with E-state index in [0.717, 1.165) is 91.9 Å². The van der Waals surface area contributed by atoms with Gasteiger partial charge >= 0.3 is 0 Å². The van der Waals surface area contributed by atoms with Crippen molar-refractivity contribution in [2.45, 2.75) is 108 Å². The fraction of sp³-hybridized carbons (Fsp3) is 0.438. The number of hydrogen-bond donors (Lipinski definition) is 0. The second-order valence-electron chi connectivity index (χ2n) is 19.6.